The third-order valence-electron chi connectivity index (χ3n) is 3.72. The number of aromatic hydroxyl groups is 1. The fourth-order valence-electron chi connectivity index (χ4n) is 2.72. The molecule has 1 aliphatic rings. The van der Waals surface area contributed by atoms with Crippen LogP contribution in [0.3, 0.4) is 0 Å². The normalized spacial score (nSPS) is 23.0. The first-order valence-electron chi connectivity index (χ1n) is 7.55. The van der Waals surface area contributed by atoms with Gasteiger partial charge < -0.3 is 14.7 Å². The summed E-state index contributed by atoms with van der Waals surface area (Å²) in [6, 6.07) is 7.12. The van der Waals surface area contributed by atoms with Crippen LogP contribution in [0.15, 0.2) is 24.3 Å². The fraction of sp³-hybridized carbons (Fsp3) is 0.588. The van der Waals surface area contributed by atoms with E-state index in [0.717, 1.165) is 18.4 Å². The standard InChI is InChI=1S/C17H25NO3/c1-12-5-10-15(13-6-8-14(19)9-7-13)18(11-12)16(20)21-17(2,3)4/h6-9,12,15,19H,5,10-11H2,1-4H3/t12-,15+/m1/s1. The van der Waals surface area contributed by atoms with Gasteiger partial charge in [0.15, 0.2) is 0 Å². The maximum atomic E-state index is 12.5. The van der Waals surface area contributed by atoms with Gasteiger partial charge in [0.25, 0.3) is 0 Å². The molecule has 1 fully saturated rings. The van der Waals surface area contributed by atoms with Crippen molar-refractivity contribution in [3.8, 4) is 5.75 Å². The second-order valence-electron chi connectivity index (χ2n) is 6.92. The van der Waals surface area contributed by atoms with Crippen LogP contribution >= 0.6 is 0 Å². The number of amides is 1. The zero-order valence-corrected chi connectivity index (χ0v) is 13.3. The van der Waals surface area contributed by atoms with Crippen LogP contribution in [0.5, 0.6) is 5.75 Å². The van der Waals surface area contributed by atoms with Crippen molar-refractivity contribution in [2.75, 3.05) is 6.54 Å². The van der Waals surface area contributed by atoms with E-state index in [4.69, 9.17) is 4.74 Å². The number of likely N-dealkylation sites (tertiary alicyclic amines) is 1. The Hall–Kier alpha value is -1.71. The average Bonchev–Trinajstić information content (AvgIpc) is 2.38. The minimum atomic E-state index is -0.489. The first-order chi connectivity index (χ1) is 9.76. The minimum Gasteiger partial charge on any atom is -0.508 e. The first kappa shape index (κ1) is 15.7. The highest BCUT2D eigenvalue weighted by Gasteiger charge is 2.33. The molecular weight excluding hydrogens is 266 g/mol. The average molecular weight is 291 g/mol. The molecule has 2 atom stereocenters. The number of ether oxygens (including phenoxy) is 1. The highest BCUT2D eigenvalue weighted by atomic mass is 16.6. The molecule has 4 heteroatoms. The van der Waals surface area contributed by atoms with Crippen molar-refractivity contribution in [1.82, 2.24) is 4.90 Å². The van der Waals surface area contributed by atoms with Crippen LogP contribution in [0.1, 0.15) is 52.1 Å². The summed E-state index contributed by atoms with van der Waals surface area (Å²) in [4.78, 5) is 14.3. The summed E-state index contributed by atoms with van der Waals surface area (Å²) in [5.41, 5.74) is 0.558. The number of phenolic OH excluding ortho intramolecular Hbond substituents is 1. The molecule has 1 N–H and O–H groups in total. The van der Waals surface area contributed by atoms with Crippen LogP contribution in [0.25, 0.3) is 0 Å². The number of carbonyl (C=O) groups excluding carboxylic acids is 1. The molecule has 1 amide bonds. The molecule has 0 unspecified atom stereocenters. The van der Waals surface area contributed by atoms with E-state index in [1.165, 1.54) is 0 Å². The van der Waals surface area contributed by atoms with Crippen LogP contribution in [0.4, 0.5) is 4.79 Å². The van der Waals surface area contributed by atoms with Crippen molar-refractivity contribution in [2.45, 2.75) is 52.2 Å². The van der Waals surface area contributed by atoms with Gasteiger partial charge in [0, 0.05) is 6.54 Å². The lowest BCUT2D eigenvalue weighted by atomic mass is 9.90. The number of carbonyl (C=O) groups is 1. The molecule has 0 aromatic heterocycles. The molecule has 21 heavy (non-hydrogen) atoms. The number of phenols is 1. The monoisotopic (exact) mass is 291 g/mol. The molecule has 0 saturated carbocycles. The Morgan fingerprint density at radius 1 is 1.24 bits per heavy atom. The Balaban J connectivity index is 2.21. The van der Waals surface area contributed by atoms with Gasteiger partial charge in [-0.2, -0.15) is 0 Å². The predicted molar refractivity (Wildman–Crippen MR) is 82.2 cm³/mol. The van der Waals surface area contributed by atoms with Crippen LogP contribution in [0, 0.1) is 5.92 Å². The molecule has 2 rings (SSSR count). The molecule has 1 saturated heterocycles. The van der Waals surface area contributed by atoms with Gasteiger partial charge in [-0.3, -0.25) is 0 Å². The van der Waals surface area contributed by atoms with Crippen molar-refractivity contribution >= 4 is 6.09 Å². The van der Waals surface area contributed by atoms with E-state index in [-0.39, 0.29) is 17.9 Å². The Morgan fingerprint density at radius 2 is 1.86 bits per heavy atom. The number of rotatable bonds is 1. The maximum absolute atomic E-state index is 12.5. The van der Waals surface area contributed by atoms with Crippen molar-refractivity contribution in [3.63, 3.8) is 0 Å². The molecule has 4 nitrogen and oxygen atoms in total. The Morgan fingerprint density at radius 3 is 2.43 bits per heavy atom. The van der Waals surface area contributed by atoms with Gasteiger partial charge in [0.1, 0.15) is 11.4 Å². The lowest BCUT2D eigenvalue weighted by Crippen LogP contribution is -2.44. The SMILES string of the molecule is C[C@@H]1CC[C@@H](c2ccc(O)cc2)N(C(=O)OC(C)(C)C)C1. The van der Waals surface area contributed by atoms with E-state index >= 15 is 0 Å². The first-order valence-corrected chi connectivity index (χ1v) is 7.55. The number of hydrogen-bond acceptors (Lipinski definition) is 3. The highest BCUT2D eigenvalue weighted by Crippen LogP contribution is 2.34. The Labute approximate surface area is 126 Å². The molecule has 0 radical (unpaired) electrons. The maximum Gasteiger partial charge on any atom is 0.410 e. The fourth-order valence-corrected chi connectivity index (χ4v) is 2.72. The molecule has 0 spiro atoms. The van der Waals surface area contributed by atoms with Crippen LogP contribution < -0.4 is 0 Å². The van der Waals surface area contributed by atoms with E-state index in [9.17, 15) is 9.90 Å². The molecule has 0 aliphatic carbocycles. The van der Waals surface area contributed by atoms with E-state index in [1.807, 2.05) is 37.8 Å². The number of piperidine rings is 1. The zero-order chi connectivity index (χ0) is 15.6. The number of benzene rings is 1. The topological polar surface area (TPSA) is 49.8 Å². The summed E-state index contributed by atoms with van der Waals surface area (Å²) in [6.45, 7) is 8.51. The van der Waals surface area contributed by atoms with Crippen molar-refractivity contribution < 1.29 is 14.6 Å². The number of hydrogen-bond donors (Lipinski definition) is 1. The van der Waals surface area contributed by atoms with Crippen molar-refractivity contribution in [3.05, 3.63) is 29.8 Å². The van der Waals surface area contributed by atoms with E-state index in [1.54, 1.807) is 12.1 Å². The summed E-state index contributed by atoms with van der Waals surface area (Å²) >= 11 is 0. The third-order valence-corrected chi connectivity index (χ3v) is 3.72. The molecule has 1 aromatic rings. The van der Waals surface area contributed by atoms with Crippen LogP contribution in [0.2, 0.25) is 0 Å². The van der Waals surface area contributed by atoms with Gasteiger partial charge in [-0.05, 0) is 57.2 Å². The Kier molecular flexibility index (Phi) is 4.45. The summed E-state index contributed by atoms with van der Waals surface area (Å²) in [6.07, 6.45) is 1.75. The van der Waals surface area contributed by atoms with Gasteiger partial charge in [0.2, 0.25) is 0 Å². The highest BCUT2D eigenvalue weighted by molar-refractivity contribution is 5.69. The van der Waals surface area contributed by atoms with Gasteiger partial charge in [0.05, 0.1) is 6.04 Å². The van der Waals surface area contributed by atoms with E-state index in [2.05, 4.69) is 6.92 Å². The van der Waals surface area contributed by atoms with Gasteiger partial charge in [-0.1, -0.05) is 19.1 Å². The molecule has 116 valence electrons. The van der Waals surface area contributed by atoms with Crippen molar-refractivity contribution in [2.24, 2.45) is 5.92 Å². The van der Waals surface area contributed by atoms with E-state index in [0.29, 0.717) is 12.5 Å². The lowest BCUT2D eigenvalue weighted by Gasteiger charge is -2.39. The molecule has 0 bridgehead atoms. The van der Waals surface area contributed by atoms with Crippen molar-refractivity contribution in [1.29, 1.82) is 0 Å². The summed E-state index contributed by atoms with van der Waals surface area (Å²) in [5, 5.41) is 9.42. The Bertz CT molecular complexity index is 490. The number of nitrogens with zero attached hydrogens (tertiary/aromatic N) is 1. The lowest BCUT2D eigenvalue weighted by molar-refractivity contribution is 0.00364. The summed E-state index contributed by atoms with van der Waals surface area (Å²) < 4.78 is 5.54. The second kappa shape index (κ2) is 5.96. The quantitative estimate of drug-likeness (QED) is 0.847. The smallest absolute Gasteiger partial charge is 0.410 e. The summed E-state index contributed by atoms with van der Waals surface area (Å²) in [5.74, 6) is 0.720. The van der Waals surface area contributed by atoms with Crippen LogP contribution in [-0.4, -0.2) is 28.2 Å². The largest absolute Gasteiger partial charge is 0.508 e. The second-order valence-corrected chi connectivity index (χ2v) is 6.92. The van der Waals surface area contributed by atoms with Crippen LogP contribution in [-0.2, 0) is 4.74 Å². The van der Waals surface area contributed by atoms with E-state index < -0.39 is 5.60 Å². The molecule has 1 aliphatic heterocycles. The van der Waals surface area contributed by atoms with Gasteiger partial charge in [-0.15, -0.1) is 0 Å². The molecule has 1 aromatic carbocycles. The minimum absolute atomic E-state index is 0.0247. The van der Waals surface area contributed by atoms with Gasteiger partial charge >= 0.3 is 6.09 Å². The molecular formula is C17H25NO3. The van der Waals surface area contributed by atoms with Gasteiger partial charge in [-0.25, -0.2) is 4.79 Å². The third kappa shape index (κ3) is 4.13. The predicted octanol–water partition coefficient (Wildman–Crippen LogP) is 4.10. The summed E-state index contributed by atoms with van der Waals surface area (Å²) in [7, 11) is 0. The molecule has 1 heterocycles. The zero-order valence-electron chi connectivity index (χ0n) is 13.3.